The predicted molar refractivity (Wildman–Crippen MR) is 131 cm³/mol. The number of piperazine rings is 1. The van der Waals surface area contributed by atoms with Crippen LogP contribution in [0.3, 0.4) is 0 Å². The minimum Gasteiger partial charge on any atom is -0.474 e. The normalized spacial score (nSPS) is 26.6. The Morgan fingerprint density at radius 1 is 1.09 bits per heavy atom. The summed E-state index contributed by atoms with van der Waals surface area (Å²) in [6.45, 7) is 1.13. The van der Waals surface area contributed by atoms with Crippen LogP contribution in [0.2, 0.25) is 0 Å². The average molecular weight is 491 g/mol. The number of hydrogen-bond acceptors (Lipinski definition) is 7. The number of ether oxygens (including phenoxy) is 1. The number of amides is 3. The molecular formula is C26H26N4O4S. The van der Waals surface area contributed by atoms with E-state index in [2.05, 4.69) is 4.98 Å². The van der Waals surface area contributed by atoms with Crippen molar-refractivity contribution >= 4 is 39.3 Å². The molecule has 1 saturated heterocycles. The molecule has 0 unspecified atom stereocenters. The number of primary amides is 1. The molecule has 3 heterocycles. The lowest BCUT2D eigenvalue weighted by Gasteiger charge is -2.59. The van der Waals surface area contributed by atoms with E-state index in [1.807, 2.05) is 46.7 Å². The predicted octanol–water partition coefficient (Wildman–Crippen LogP) is 2.96. The molecule has 1 aromatic carbocycles. The van der Waals surface area contributed by atoms with Crippen LogP contribution < -0.4 is 10.5 Å². The molecule has 1 aliphatic heterocycles. The zero-order chi connectivity index (χ0) is 24.2. The van der Waals surface area contributed by atoms with Crippen LogP contribution in [0.4, 0.5) is 0 Å². The molecule has 3 amide bonds. The van der Waals surface area contributed by atoms with Gasteiger partial charge in [0, 0.05) is 12.6 Å². The van der Waals surface area contributed by atoms with Gasteiger partial charge in [-0.1, -0.05) is 30.3 Å². The summed E-state index contributed by atoms with van der Waals surface area (Å²) in [7, 11) is 0. The highest BCUT2D eigenvalue weighted by Crippen LogP contribution is 2.58. The Balaban J connectivity index is 1.04. The molecule has 1 spiro atoms. The van der Waals surface area contributed by atoms with E-state index in [0.717, 1.165) is 41.5 Å². The number of carbonyl (C=O) groups excluding carboxylic acids is 3. The minimum atomic E-state index is -0.552. The molecule has 0 atom stereocenters. The van der Waals surface area contributed by atoms with Crippen LogP contribution in [0, 0.1) is 5.41 Å². The number of pyridine rings is 1. The number of imide groups is 1. The van der Waals surface area contributed by atoms with Crippen LogP contribution in [-0.2, 0) is 16.1 Å². The van der Waals surface area contributed by atoms with Crippen molar-refractivity contribution in [2.75, 3.05) is 13.1 Å². The van der Waals surface area contributed by atoms with Crippen molar-refractivity contribution in [3.05, 3.63) is 59.0 Å². The highest BCUT2D eigenvalue weighted by molar-refractivity contribution is 7.17. The van der Waals surface area contributed by atoms with E-state index in [-0.39, 0.29) is 42.5 Å². The molecule has 2 saturated carbocycles. The largest absolute Gasteiger partial charge is 0.474 e. The van der Waals surface area contributed by atoms with Crippen LogP contribution in [-0.4, -0.2) is 57.7 Å². The number of hydrogen-bond donors (Lipinski definition) is 1. The van der Waals surface area contributed by atoms with E-state index in [4.69, 9.17) is 10.5 Å². The Bertz CT molecular complexity index is 1290. The van der Waals surface area contributed by atoms with Crippen molar-refractivity contribution in [2.45, 2.75) is 44.4 Å². The van der Waals surface area contributed by atoms with E-state index in [9.17, 15) is 14.4 Å². The van der Waals surface area contributed by atoms with Gasteiger partial charge in [0.25, 0.3) is 5.91 Å². The summed E-state index contributed by atoms with van der Waals surface area (Å²) in [5, 5.41) is 1.92. The van der Waals surface area contributed by atoms with Crippen LogP contribution in [0.5, 0.6) is 5.88 Å². The van der Waals surface area contributed by atoms with E-state index in [1.165, 1.54) is 16.2 Å². The Kier molecular flexibility index (Phi) is 5.34. The van der Waals surface area contributed by atoms with E-state index in [1.54, 1.807) is 6.07 Å². The van der Waals surface area contributed by atoms with Gasteiger partial charge in [-0.3, -0.25) is 24.2 Å². The molecule has 2 aliphatic carbocycles. The molecule has 6 rings (SSSR count). The zero-order valence-electron chi connectivity index (χ0n) is 19.2. The fraction of sp³-hybridized carbons (Fsp3) is 0.385. The summed E-state index contributed by atoms with van der Waals surface area (Å²) >= 11 is 1.50. The smallest absolute Gasteiger partial charge is 0.254 e. The van der Waals surface area contributed by atoms with Gasteiger partial charge in [-0.05, 0) is 54.2 Å². The Labute approximate surface area is 206 Å². The van der Waals surface area contributed by atoms with Crippen LogP contribution in [0.1, 0.15) is 41.6 Å². The zero-order valence-corrected chi connectivity index (χ0v) is 20.0. The number of aromatic nitrogens is 1. The van der Waals surface area contributed by atoms with Crippen molar-refractivity contribution in [1.29, 1.82) is 0 Å². The quantitative estimate of drug-likeness (QED) is 0.533. The van der Waals surface area contributed by atoms with Gasteiger partial charge in [-0.25, -0.2) is 4.98 Å². The number of thiophene rings is 1. The first kappa shape index (κ1) is 22.2. The molecule has 3 fully saturated rings. The van der Waals surface area contributed by atoms with Crippen molar-refractivity contribution in [1.82, 2.24) is 14.8 Å². The maximum Gasteiger partial charge on any atom is 0.254 e. The van der Waals surface area contributed by atoms with Gasteiger partial charge in [-0.15, -0.1) is 11.3 Å². The van der Waals surface area contributed by atoms with Gasteiger partial charge in [0.1, 0.15) is 11.7 Å². The molecule has 35 heavy (non-hydrogen) atoms. The highest BCUT2D eigenvalue weighted by atomic mass is 32.1. The molecule has 2 aromatic heterocycles. The van der Waals surface area contributed by atoms with Crippen LogP contribution >= 0.6 is 11.3 Å². The van der Waals surface area contributed by atoms with Gasteiger partial charge in [0.05, 0.1) is 23.3 Å². The molecule has 3 aromatic rings. The average Bonchev–Trinajstić information content (AvgIpc) is 3.23. The van der Waals surface area contributed by atoms with Crippen LogP contribution in [0.15, 0.2) is 47.8 Å². The Morgan fingerprint density at radius 2 is 1.80 bits per heavy atom. The lowest BCUT2D eigenvalue weighted by Crippen LogP contribution is -2.65. The molecular weight excluding hydrogens is 464 g/mol. The van der Waals surface area contributed by atoms with Gasteiger partial charge in [0.2, 0.25) is 17.7 Å². The highest BCUT2D eigenvalue weighted by Gasteiger charge is 2.57. The third-order valence-electron chi connectivity index (χ3n) is 7.47. The first-order valence-electron chi connectivity index (χ1n) is 11.8. The monoisotopic (exact) mass is 490 g/mol. The molecule has 2 N–H and O–H groups in total. The standard InChI is InChI=1S/C26H26N4O4S/c27-24(33)19-8-21-20(6-7-35-21)28-25(19)34-18-11-26(12-18)9-17(10-26)30-22(31)14-29(15-23(30)32)13-16-4-2-1-3-5-16/h1-8,17-18H,9-15H2,(H2,27,33). The van der Waals surface area contributed by atoms with Crippen molar-refractivity contribution in [2.24, 2.45) is 11.1 Å². The fourth-order valence-electron chi connectivity index (χ4n) is 5.84. The number of benzene rings is 1. The van der Waals surface area contributed by atoms with E-state index < -0.39 is 5.91 Å². The van der Waals surface area contributed by atoms with Crippen molar-refractivity contribution in [3.63, 3.8) is 0 Å². The van der Waals surface area contributed by atoms with Gasteiger partial charge >= 0.3 is 0 Å². The number of carbonyl (C=O) groups is 3. The third kappa shape index (κ3) is 4.08. The number of fused-ring (bicyclic) bond motifs is 1. The second-order valence-corrected chi connectivity index (χ2v) is 11.0. The third-order valence-corrected chi connectivity index (χ3v) is 8.33. The number of rotatable bonds is 6. The Morgan fingerprint density at radius 3 is 2.49 bits per heavy atom. The molecule has 0 bridgehead atoms. The van der Waals surface area contributed by atoms with Crippen molar-refractivity contribution in [3.8, 4) is 5.88 Å². The number of nitrogens with two attached hydrogens (primary N) is 1. The molecule has 0 radical (unpaired) electrons. The van der Waals surface area contributed by atoms with Crippen molar-refractivity contribution < 1.29 is 19.1 Å². The van der Waals surface area contributed by atoms with E-state index >= 15 is 0 Å². The second kappa shape index (κ2) is 8.42. The first-order valence-corrected chi connectivity index (χ1v) is 12.7. The maximum atomic E-state index is 12.8. The second-order valence-electron chi connectivity index (χ2n) is 10.0. The first-order chi connectivity index (χ1) is 16.9. The molecule has 180 valence electrons. The molecule has 3 aliphatic rings. The summed E-state index contributed by atoms with van der Waals surface area (Å²) in [5.41, 5.74) is 7.83. The molecule has 8 nitrogen and oxygen atoms in total. The Hall–Kier alpha value is -3.30. The SMILES string of the molecule is NC(=O)c1cc2sccc2nc1OC1CC2(C1)CC(N1C(=O)CN(Cc3ccccc3)CC1=O)C2. The summed E-state index contributed by atoms with van der Waals surface area (Å²) < 4.78 is 6.98. The summed E-state index contributed by atoms with van der Waals surface area (Å²) in [5.74, 6) is -0.477. The fourth-order valence-corrected chi connectivity index (χ4v) is 6.60. The van der Waals surface area contributed by atoms with Crippen LogP contribution in [0.25, 0.3) is 10.2 Å². The summed E-state index contributed by atoms with van der Waals surface area (Å²) in [6, 6.07) is 13.5. The maximum absolute atomic E-state index is 12.8. The molecule has 9 heteroatoms. The minimum absolute atomic E-state index is 0.0312. The number of nitrogens with zero attached hydrogens (tertiary/aromatic N) is 3. The van der Waals surface area contributed by atoms with Gasteiger partial charge in [-0.2, -0.15) is 0 Å². The van der Waals surface area contributed by atoms with Gasteiger partial charge in [0.15, 0.2) is 0 Å². The lowest BCUT2D eigenvalue weighted by atomic mass is 9.52. The summed E-state index contributed by atoms with van der Waals surface area (Å²) in [4.78, 5) is 45.5. The lowest BCUT2D eigenvalue weighted by molar-refractivity contribution is -0.168. The van der Waals surface area contributed by atoms with Gasteiger partial charge < -0.3 is 10.5 Å². The van der Waals surface area contributed by atoms with E-state index in [0.29, 0.717) is 18.0 Å². The summed E-state index contributed by atoms with van der Waals surface area (Å²) in [6.07, 6.45) is 3.21. The topological polar surface area (TPSA) is 106 Å².